The summed E-state index contributed by atoms with van der Waals surface area (Å²) in [4.78, 5) is 24.8. The van der Waals surface area contributed by atoms with Gasteiger partial charge in [-0.15, -0.1) is 0 Å². The van der Waals surface area contributed by atoms with Gasteiger partial charge in [0.1, 0.15) is 11.3 Å². The second-order valence-electron chi connectivity index (χ2n) is 4.70. The minimum absolute atomic E-state index is 0.00773. The lowest BCUT2D eigenvalue weighted by Gasteiger charge is -2.19. The van der Waals surface area contributed by atoms with Crippen molar-refractivity contribution < 1.29 is 14.5 Å². The molecule has 1 rings (SSSR count). The number of amides is 1. The normalized spacial score (nSPS) is 10.4. The fourth-order valence-corrected chi connectivity index (χ4v) is 1.26. The van der Waals surface area contributed by atoms with Crippen LogP contribution in [0.15, 0.2) is 18.2 Å². The van der Waals surface area contributed by atoms with Gasteiger partial charge in [0.25, 0.3) is 5.69 Å². The summed E-state index contributed by atoms with van der Waals surface area (Å²) in [6, 6.07) is 3.78. The Morgan fingerprint density at radius 3 is 2.58 bits per heavy atom. The van der Waals surface area contributed by atoms with Crippen molar-refractivity contribution in [1.82, 2.24) is 0 Å². The summed E-state index contributed by atoms with van der Waals surface area (Å²) in [6.07, 6.45) is -0.786. The number of benzene rings is 1. The van der Waals surface area contributed by atoms with Crippen molar-refractivity contribution in [1.29, 1.82) is 0 Å². The Morgan fingerprint density at radius 1 is 1.47 bits per heavy atom. The molecule has 0 bridgehead atoms. The van der Waals surface area contributed by atoms with Crippen LogP contribution in [0.2, 0.25) is 0 Å². The van der Waals surface area contributed by atoms with Crippen molar-refractivity contribution in [3.63, 3.8) is 0 Å². The Morgan fingerprint density at radius 2 is 2.11 bits per heavy atom. The lowest BCUT2D eigenvalue weighted by Crippen LogP contribution is -2.27. The van der Waals surface area contributed by atoms with Gasteiger partial charge in [-0.25, -0.2) is 9.64 Å². The predicted molar refractivity (Wildman–Crippen MR) is 69.2 cm³/mol. The van der Waals surface area contributed by atoms with Crippen LogP contribution < -0.4 is 5.32 Å². The summed E-state index contributed by atoms with van der Waals surface area (Å²) >= 11 is 0. The minimum Gasteiger partial charge on any atom is -0.444 e. The molecule has 1 aromatic rings. The van der Waals surface area contributed by atoms with Crippen molar-refractivity contribution in [2.75, 3.05) is 5.32 Å². The zero-order chi connectivity index (χ0) is 14.6. The van der Waals surface area contributed by atoms with Gasteiger partial charge in [-0.05, 0) is 26.8 Å². The molecule has 0 fully saturated rings. The summed E-state index contributed by atoms with van der Waals surface area (Å²) < 4.78 is 5.00. The number of rotatable bonds is 2. The average Bonchev–Trinajstić information content (AvgIpc) is 2.26. The first kappa shape index (κ1) is 14.4. The number of ether oxygens (including phenoxy) is 1. The van der Waals surface area contributed by atoms with E-state index in [2.05, 4.69) is 10.2 Å². The molecular formula is C12H13N3O4. The topological polar surface area (TPSA) is 85.8 Å². The molecule has 1 amide bonds. The highest BCUT2D eigenvalue weighted by atomic mass is 16.6. The average molecular weight is 263 g/mol. The molecule has 100 valence electrons. The molecule has 0 aliphatic carbocycles. The second kappa shape index (κ2) is 5.35. The van der Waals surface area contributed by atoms with Crippen LogP contribution >= 0.6 is 0 Å². The van der Waals surface area contributed by atoms with E-state index in [-0.39, 0.29) is 17.1 Å². The molecule has 0 spiro atoms. The molecule has 0 saturated carbocycles. The van der Waals surface area contributed by atoms with E-state index in [1.807, 2.05) is 0 Å². The third-order valence-electron chi connectivity index (χ3n) is 1.94. The smallest absolute Gasteiger partial charge is 0.412 e. The zero-order valence-corrected chi connectivity index (χ0v) is 10.8. The number of carbonyl (C=O) groups is 1. The van der Waals surface area contributed by atoms with Crippen LogP contribution in [0, 0.1) is 16.7 Å². The van der Waals surface area contributed by atoms with E-state index in [1.54, 1.807) is 20.8 Å². The number of nitrogens with one attached hydrogen (secondary N) is 1. The first-order valence-corrected chi connectivity index (χ1v) is 5.39. The van der Waals surface area contributed by atoms with Crippen molar-refractivity contribution in [3.8, 4) is 0 Å². The third-order valence-corrected chi connectivity index (χ3v) is 1.94. The summed E-state index contributed by atoms with van der Waals surface area (Å²) in [5.41, 5.74) is -0.928. The second-order valence-corrected chi connectivity index (χ2v) is 4.70. The molecule has 0 aromatic heterocycles. The first-order chi connectivity index (χ1) is 8.73. The van der Waals surface area contributed by atoms with E-state index < -0.39 is 16.6 Å². The predicted octanol–water partition coefficient (Wildman–Crippen LogP) is 3.49. The minimum atomic E-state index is -0.786. The van der Waals surface area contributed by atoms with Crippen molar-refractivity contribution >= 4 is 23.2 Å². The van der Waals surface area contributed by atoms with Crippen LogP contribution in [0.1, 0.15) is 20.8 Å². The zero-order valence-electron chi connectivity index (χ0n) is 10.8. The van der Waals surface area contributed by atoms with Gasteiger partial charge >= 0.3 is 6.09 Å². The molecule has 7 nitrogen and oxygen atoms in total. The van der Waals surface area contributed by atoms with E-state index in [4.69, 9.17) is 11.3 Å². The van der Waals surface area contributed by atoms with Gasteiger partial charge in [0.05, 0.1) is 11.5 Å². The largest absolute Gasteiger partial charge is 0.444 e. The number of nitro groups is 1. The Hall–Kier alpha value is -2.62. The SMILES string of the molecule is [C-]#[N+]c1ccc(NC(=O)OC(C)(C)C)c([N+](=O)[O-])c1. The van der Waals surface area contributed by atoms with Gasteiger partial charge in [0, 0.05) is 6.07 Å². The molecule has 0 saturated heterocycles. The van der Waals surface area contributed by atoms with E-state index >= 15 is 0 Å². The van der Waals surface area contributed by atoms with Gasteiger partial charge in [-0.1, -0.05) is 6.07 Å². The molecule has 0 radical (unpaired) electrons. The van der Waals surface area contributed by atoms with Crippen LogP contribution in [0.4, 0.5) is 21.9 Å². The highest BCUT2D eigenvalue weighted by Crippen LogP contribution is 2.29. The molecule has 0 heterocycles. The van der Waals surface area contributed by atoms with Gasteiger partial charge in [0.15, 0.2) is 5.69 Å². The molecule has 1 aromatic carbocycles. The maximum absolute atomic E-state index is 11.5. The van der Waals surface area contributed by atoms with Crippen LogP contribution in [0.5, 0.6) is 0 Å². The van der Waals surface area contributed by atoms with Gasteiger partial charge < -0.3 is 4.74 Å². The van der Waals surface area contributed by atoms with Crippen LogP contribution in [-0.4, -0.2) is 16.6 Å². The van der Waals surface area contributed by atoms with Gasteiger partial charge in [-0.2, -0.15) is 0 Å². The molecule has 0 unspecified atom stereocenters. The number of anilines is 1. The Kier molecular flexibility index (Phi) is 4.07. The highest BCUT2D eigenvalue weighted by molar-refractivity contribution is 5.88. The summed E-state index contributed by atoms with van der Waals surface area (Å²) in [7, 11) is 0. The molecule has 7 heteroatoms. The Labute approximate surface area is 110 Å². The Bertz CT molecular complexity index is 555. The summed E-state index contributed by atoms with van der Waals surface area (Å²) in [6.45, 7) is 11.9. The van der Waals surface area contributed by atoms with E-state index in [0.29, 0.717) is 0 Å². The van der Waals surface area contributed by atoms with Gasteiger partial charge in [0.2, 0.25) is 0 Å². The first-order valence-electron chi connectivity index (χ1n) is 5.39. The van der Waals surface area contributed by atoms with E-state index in [1.165, 1.54) is 12.1 Å². The monoisotopic (exact) mass is 263 g/mol. The molecule has 0 aliphatic heterocycles. The van der Waals surface area contributed by atoms with E-state index in [0.717, 1.165) is 6.07 Å². The molecule has 0 atom stereocenters. The number of hydrogen-bond donors (Lipinski definition) is 1. The number of nitro benzene ring substituents is 1. The maximum Gasteiger partial charge on any atom is 0.412 e. The maximum atomic E-state index is 11.5. The number of hydrogen-bond acceptors (Lipinski definition) is 4. The molecule has 19 heavy (non-hydrogen) atoms. The quantitative estimate of drug-likeness (QED) is 0.502. The highest BCUT2D eigenvalue weighted by Gasteiger charge is 2.20. The van der Waals surface area contributed by atoms with Gasteiger partial charge in [-0.3, -0.25) is 15.4 Å². The van der Waals surface area contributed by atoms with Crippen LogP contribution in [0.3, 0.4) is 0 Å². The molecule has 1 N–H and O–H groups in total. The van der Waals surface area contributed by atoms with Crippen molar-refractivity contribution in [3.05, 3.63) is 39.7 Å². The van der Waals surface area contributed by atoms with E-state index in [9.17, 15) is 14.9 Å². The lowest BCUT2D eigenvalue weighted by molar-refractivity contribution is -0.383. The standard InChI is InChI=1S/C12H13N3O4/c1-12(2,3)19-11(16)14-9-6-5-8(13-4)7-10(9)15(17)18/h5-7H,1-3H3,(H,14,16). The number of nitrogens with zero attached hydrogens (tertiary/aromatic N) is 2. The van der Waals surface area contributed by atoms with Crippen LogP contribution in [0.25, 0.3) is 4.85 Å². The fraction of sp³-hybridized carbons (Fsp3) is 0.333. The molecular weight excluding hydrogens is 250 g/mol. The third kappa shape index (κ3) is 4.27. The summed E-state index contributed by atoms with van der Waals surface area (Å²) in [5.74, 6) is 0. The number of carbonyl (C=O) groups excluding carboxylic acids is 1. The fourth-order valence-electron chi connectivity index (χ4n) is 1.26. The lowest BCUT2D eigenvalue weighted by atomic mass is 10.2. The molecule has 0 aliphatic rings. The van der Waals surface area contributed by atoms with Crippen LogP contribution in [-0.2, 0) is 4.74 Å². The Balaban J connectivity index is 2.99. The van der Waals surface area contributed by atoms with Crippen molar-refractivity contribution in [2.45, 2.75) is 26.4 Å². The van der Waals surface area contributed by atoms with Crippen molar-refractivity contribution in [2.24, 2.45) is 0 Å². The summed E-state index contributed by atoms with van der Waals surface area (Å²) in [5, 5.41) is 13.2.